The number of carbonyl (C=O) groups is 3. The van der Waals surface area contributed by atoms with Crippen LogP contribution in [-0.2, 0) is 19.1 Å². The average molecular weight is 409 g/mol. The van der Waals surface area contributed by atoms with Crippen molar-refractivity contribution in [1.82, 2.24) is 10.6 Å². The van der Waals surface area contributed by atoms with E-state index in [4.69, 9.17) is 4.74 Å². The normalized spacial score (nSPS) is 18.8. The van der Waals surface area contributed by atoms with Gasteiger partial charge in [0.15, 0.2) is 11.3 Å². The van der Waals surface area contributed by atoms with Gasteiger partial charge < -0.3 is 15.4 Å². The predicted octanol–water partition coefficient (Wildman–Crippen LogP) is 2.14. The molecular formula is C19H32N6O4. The van der Waals surface area contributed by atoms with Gasteiger partial charge in [-0.15, -0.1) is 0 Å². The first-order valence-electron chi connectivity index (χ1n) is 10.00. The van der Waals surface area contributed by atoms with Gasteiger partial charge in [-0.05, 0) is 41.2 Å². The molecule has 0 bridgehead atoms. The molecule has 0 fully saturated rings. The second-order valence-electron chi connectivity index (χ2n) is 9.03. The van der Waals surface area contributed by atoms with Crippen LogP contribution in [-0.4, -0.2) is 54.2 Å². The smallest absolute Gasteiger partial charge is 0.307 e. The first-order valence-corrected chi connectivity index (χ1v) is 10.00. The van der Waals surface area contributed by atoms with E-state index in [9.17, 15) is 14.4 Å². The molecule has 2 aliphatic rings. The van der Waals surface area contributed by atoms with Crippen molar-refractivity contribution in [3.05, 3.63) is 0 Å². The Balaban J connectivity index is 1.79. The van der Waals surface area contributed by atoms with Crippen molar-refractivity contribution >= 4 is 17.7 Å². The van der Waals surface area contributed by atoms with E-state index in [1.54, 1.807) is 20.8 Å². The molecule has 0 spiro atoms. The summed E-state index contributed by atoms with van der Waals surface area (Å²) in [7, 11) is 0. The number of ketones is 1. The largest absolute Gasteiger partial charge is 0.460 e. The summed E-state index contributed by atoms with van der Waals surface area (Å²) in [5, 5.41) is 21.5. The third-order valence-electron chi connectivity index (χ3n) is 4.56. The first-order chi connectivity index (χ1) is 13.4. The number of hydrogen-bond acceptors (Lipinski definition) is 9. The zero-order valence-electron chi connectivity index (χ0n) is 17.9. The Morgan fingerprint density at radius 3 is 2.00 bits per heavy atom. The van der Waals surface area contributed by atoms with Crippen LogP contribution < -0.4 is 10.6 Å². The number of hydrogen-bond donors (Lipinski definition) is 2. The SMILES string of the molecule is CC1(CCNCC(=O)C[C@@H](CC(=O)OC(C)(C)C)C(=O)NCCC2(C)N=N2)N=N1. The second kappa shape index (κ2) is 9.06. The van der Waals surface area contributed by atoms with Crippen molar-refractivity contribution < 1.29 is 19.1 Å². The molecule has 0 aromatic heterocycles. The summed E-state index contributed by atoms with van der Waals surface area (Å²) in [5.74, 6) is -1.74. The summed E-state index contributed by atoms with van der Waals surface area (Å²) in [6, 6.07) is 0. The Morgan fingerprint density at radius 1 is 0.931 bits per heavy atom. The van der Waals surface area contributed by atoms with Crippen LogP contribution in [0.2, 0.25) is 0 Å². The molecule has 0 aromatic carbocycles. The van der Waals surface area contributed by atoms with Gasteiger partial charge in [0.05, 0.1) is 18.9 Å². The third-order valence-corrected chi connectivity index (χ3v) is 4.56. The van der Waals surface area contributed by atoms with Crippen molar-refractivity contribution in [3.8, 4) is 0 Å². The van der Waals surface area contributed by atoms with Crippen LogP contribution in [0.5, 0.6) is 0 Å². The molecular weight excluding hydrogens is 376 g/mol. The van der Waals surface area contributed by atoms with Gasteiger partial charge in [0, 0.05) is 25.8 Å². The molecule has 1 atom stereocenters. The predicted molar refractivity (Wildman–Crippen MR) is 105 cm³/mol. The molecule has 0 aromatic rings. The molecule has 29 heavy (non-hydrogen) atoms. The fraction of sp³-hybridized carbons (Fsp3) is 0.842. The molecule has 0 unspecified atom stereocenters. The van der Waals surface area contributed by atoms with E-state index in [-0.39, 0.29) is 36.7 Å². The van der Waals surface area contributed by atoms with Crippen LogP contribution in [0.15, 0.2) is 20.5 Å². The number of ether oxygens (including phenoxy) is 1. The lowest BCUT2D eigenvalue weighted by Crippen LogP contribution is -2.37. The monoisotopic (exact) mass is 408 g/mol. The number of rotatable bonds is 13. The van der Waals surface area contributed by atoms with Gasteiger partial charge in [0.2, 0.25) is 5.91 Å². The van der Waals surface area contributed by atoms with Crippen LogP contribution in [0.4, 0.5) is 0 Å². The van der Waals surface area contributed by atoms with Crippen LogP contribution in [0.1, 0.15) is 60.3 Å². The van der Waals surface area contributed by atoms with E-state index in [1.165, 1.54) is 0 Å². The highest BCUT2D eigenvalue weighted by molar-refractivity contribution is 5.90. The zero-order valence-corrected chi connectivity index (χ0v) is 17.9. The zero-order chi connectivity index (χ0) is 21.7. The molecule has 10 heteroatoms. The maximum Gasteiger partial charge on any atom is 0.307 e. The Labute approximate surface area is 171 Å². The van der Waals surface area contributed by atoms with Gasteiger partial charge in [0.1, 0.15) is 11.4 Å². The molecule has 0 saturated heterocycles. The van der Waals surface area contributed by atoms with Gasteiger partial charge in [-0.25, -0.2) is 0 Å². The van der Waals surface area contributed by atoms with Gasteiger partial charge in [-0.1, -0.05) is 0 Å². The van der Waals surface area contributed by atoms with E-state index >= 15 is 0 Å². The lowest BCUT2D eigenvalue weighted by atomic mass is 9.97. The van der Waals surface area contributed by atoms with E-state index in [1.807, 2.05) is 13.8 Å². The number of amides is 1. The highest BCUT2D eigenvalue weighted by Gasteiger charge is 2.34. The minimum Gasteiger partial charge on any atom is -0.460 e. The standard InChI is InChI=1S/C19H32N6O4/c1-17(2,3)29-15(27)11-13(16(28)21-9-7-19(5)24-25-19)10-14(26)12-20-8-6-18(4)22-23-18/h13,20H,6-12H2,1-5H3,(H,21,28)/t13-/m0/s1. The van der Waals surface area contributed by atoms with E-state index < -0.39 is 23.2 Å². The Bertz CT molecular complexity index is 685. The third kappa shape index (κ3) is 9.21. The molecule has 162 valence electrons. The van der Waals surface area contributed by atoms with Crippen molar-refractivity contribution in [3.63, 3.8) is 0 Å². The Morgan fingerprint density at radius 2 is 1.48 bits per heavy atom. The number of esters is 1. The average Bonchev–Trinajstić information content (AvgIpc) is 3.49. The number of nitrogens with one attached hydrogen (secondary N) is 2. The van der Waals surface area contributed by atoms with Gasteiger partial charge in [-0.2, -0.15) is 20.5 Å². The van der Waals surface area contributed by atoms with Crippen molar-refractivity contribution in [2.24, 2.45) is 26.4 Å². The van der Waals surface area contributed by atoms with Crippen LogP contribution in [0.25, 0.3) is 0 Å². The summed E-state index contributed by atoms with van der Waals surface area (Å²) >= 11 is 0. The number of carbonyl (C=O) groups excluding carboxylic acids is 3. The van der Waals surface area contributed by atoms with Crippen molar-refractivity contribution in [2.75, 3.05) is 19.6 Å². The van der Waals surface area contributed by atoms with Crippen LogP contribution in [0, 0.1) is 5.92 Å². The van der Waals surface area contributed by atoms with E-state index in [0.717, 1.165) is 6.42 Å². The fourth-order valence-corrected chi connectivity index (χ4v) is 2.68. The maximum absolute atomic E-state index is 12.6. The van der Waals surface area contributed by atoms with Gasteiger partial charge >= 0.3 is 5.97 Å². The molecule has 1 amide bonds. The number of nitrogens with zero attached hydrogens (tertiary/aromatic N) is 4. The fourth-order valence-electron chi connectivity index (χ4n) is 2.68. The minimum absolute atomic E-state index is 0.0316. The maximum atomic E-state index is 12.6. The molecule has 0 radical (unpaired) electrons. The van der Waals surface area contributed by atoms with Crippen molar-refractivity contribution in [2.45, 2.75) is 77.2 Å². The molecule has 2 aliphatic heterocycles. The Hall–Kier alpha value is -2.23. The highest BCUT2D eigenvalue weighted by atomic mass is 16.6. The quantitative estimate of drug-likeness (QED) is 0.356. The van der Waals surface area contributed by atoms with Crippen LogP contribution in [0.3, 0.4) is 0 Å². The molecule has 0 saturated carbocycles. The summed E-state index contributed by atoms with van der Waals surface area (Å²) in [5.41, 5.74) is -1.38. The summed E-state index contributed by atoms with van der Waals surface area (Å²) in [6.45, 7) is 10.2. The molecule has 2 N–H and O–H groups in total. The van der Waals surface area contributed by atoms with E-state index in [0.29, 0.717) is 19.5 Å². The molecule has 0 aliphatic carbocycles. The summed E-state index contributed by atoms with van der Waals surface area (Å²) < 4.78 is 5.31. The van der Waals surface area contributed by atoms with Crippen molar-refractivity contribution in [1.29, 1.82) is 0 Å². The molecule has 2 heterocycles. The van der Waals surface area contributed by atoms with Gasteiger partial charge in [-0.3, -0.25) is 14.4 Å². The van der Waals surface area contributed by atoms with Gasteiger partial charge in [0.25, 0.3) is 0 Å². The van der Waals surface area contributed by atoms with E-state index in [2.05, 4.69) is 31.1 Å². The summed E-state index contributed by atoms with van der Waals surface area (Å²) in [6.07, 6.45) is 1.13. The lowest BCUT2D eigenvalue weighted by molar-refractivity contribution is -0.157. The lowest BCUT2D eigenvalue weighted by Gasteiger charge is -2.22. The Kier molecular flexibility index (Phi) is 7.20. The molecule has 2 rings (SSSR count). The topological polar surface area (TPSA) is 134 Å². The minimum atomic E-state index is -0.772. The first kappa shape index (κ1) is 23.1. The summed E-state index contributed by atoms with van der Waals surface area (Å²) in [4.78, 5) is 37.1. The highest BCUT2D eigenvalue weighted by Crippen LogP contribution is 2.30. The van der Waals surface area contributed by atoms with Crippen LogP contribution >= 0.6 is 0 Å². The molecule has 10 nitrogen and oxygen atoms in total. The number of Topliss-reactive ketones (excluding diaryl/α,β-unsaturated/α-hetero) is 1. The second-order valence-corrected chi connectivity index (χ2v) is 9.03.